The number of benzene rings is 1. The minimum Gasteiger partial charge on any atom is -0.341 e. The van der Waals surface area contributed by atoms with E-state index in [1.807, 2.05) is 13.2 Å². The first-order valence-corrected chi connectivity index (χ1v) is 5.50. The maximum atomic E-state index is 4.37. The van der Waals surface area contributed by atoms with Gasteiger partial charge in [0, 0.05) is 0 Å². The molecule has 0 aliphatic carbocycles. The normalized spacial score (nSPS) is 12.7. The predicted molar refractivity (Wildman–Crippen MR) is 66.2 cm³/mol. The Labute approximate surface area is 95.9 Å². The molecular weight excluding hydrogens is 198 g/mol. The Morgan fingerprint density at radius 3 is 2.56 bits per heavy atom. The van der Waals surface area contributed by atoms with Crippen molar-refractivity contribution in [1.82, 2.24) is 15.3 Å². The molecule has 0 aliphatic rings. The molecule has 0 aliphatic heterocycles. The number of rotatable bonds is 3. The van der Waals surface area contributed by atoms with Gasteiger partial charge in [0.15, 0.2) is 0 Å². The summed E-state index contributed by atoms with van der Waals surface area (Å²) < 4.78 is 0. The van der Waals surface area contributed by atoms with E-state index >= 15 is 0 Å². The van der Waals surface area contributed by atoms with Crippen LogP contribution in [-0.2, 0) is 0 Å². The summed E-state index contributed by atoms with van der Waals surface area (Å²) in [5.74, 6) is 0.970. The summed E-state index contributed by atoms with van der Waals surface area (Å²) in [6.45, 7) is 4.17. The monoisotopic (exact) mass is 215 g/mol. The molecule has 1 aromatic heterocycles. The van der Waals surface area contributed by atoms with E-state index in [9.17, 15) is 0 Å². The molecule has 0 bridgehead atoms. The van der Waals surface area contributed by atoms with Gasteiger partial charge in [-0.1, -0.05) is 29.8 Å². The average molecular weight is 215 g/mol. The molecule has 1 heterocycles. The maximum absolute atomic E-state index is 4.37. The Morgan fingerprint density at radius 1 is 1.25 bits per heavy atom. The summed E-state index contributed by atoms with van der Waals surface area (Å²) in [6, 6.07) is 8.68. The molecule has 0 saturated carbocycles. The average Bonchev–Trinajstić information content (AvgIpc) is 2.78. The molecule has 0 saturated heterocycles. The first kappa shape index (κ1) is 10.9. The number of hydrogen-bond acceptors (Lipinski definition) is 2. The lowest BCUT2D eigenvalue weighted by Gasteiger charge is -2.05. The van der Waals surface area contributed by atoms with Crippen molar-refractivity contribution in [3.05, 3.63) is 41.9 Å². The standard InChI is InChI=1S/C13H17N3/c1-9-4-6-11(7-5-9)12-8-15-13(16-12)10(2)14-3/h4-8,10,14H,1-3H3,(H,15,16). The van der Waals surface area contributed by atoms with Crippen LogP contribution in [0.5, 0.6) is 0 Å². The van der Waals surface area contributed by atoms with Gasteiger partial charge >= 0.3 is 0 Å². The van der Waals surface area contributed by atoms with Gasteiger partial charge in [-0.15, -0.1) is 0 Å². The van der Waals surface area contributed by atoms with Crippen molar-refractivity contribution in [2.45, 2.75) is 19.9 Å². The van der Waals surface area contributed by atoms with Crippen LogP contribution < -0.4 is 5.32 Å². The molecule has 0 amide bonds. The predicted octanol–water partition coefficient (Wildman–Crippen LogP) is 2.67. The van der Waals surface area contributed by atoms with Crippen LogP contribution in [-0.4, -0.2) is 17.0 Å². The summed E-state index contributed by atoms with van der Waals surface area (Å²) in [4.78, 5) is 7.69. The molecule has 0 fully saturated rings. The molecule has 2 aromatic rings. The highest BCUT2D eigenvalue weighted by atomic mass is 15.0. The van der Waals surface area contributed by atoms with E-state index in [4.69, 9.17) is 0 Å². The molecule has 0 spiro atoms. The number of imidazole rings is 1. The van der Waals surface area contributed by atoms with Crippen LogP contribution in [0.2, 0.25) is 0 Å². The second-order valence-corrected chi connectivity index (χ2v) is 4.06. The number of aromatic amines is 1. The topological polar surface area (TPSA) is 40.7 Å². The Balaban J connectivity index is 2.28. The van der Waals surface area contributed by atoms with E-state index in [1.54, 1.807) is 0 Å². The van der Waals surface area contributed by atoms with Gasteiger partial charge in [-0.2, -0.15) is 0 Å². The Bertz CT molecular complexity index is 456. The third-order valence-electron chi connectivity index (χ3n) is 2.80. The van der Waals surface area contributed by atoms with Crippen LogP contribution in [0.25, 0.3) is 11.3 Å². The van der Waals surface area contributed by atoms with Gasteiger partial charge < -0.3 is 10.3 Å². The summed E-state index contributed by atoms with van der Waals surface area (Å²) in [7, 11) is 1.93. The lowest BCUT2D eigenvalue weighted by Crippen LogP contribution is -2.13. The second kappa shape index (κ2) is 4.49. The van der Waals surface area contributed by atoms with Crippen molar-refractivity contribution in [3.8, 4) is 11.3 Å². The molecule has 3 heteroatoms. The molecule has 16 heavy (non-hydrogen) atoms. The molecule has 3 nitrogen and oxygen atoms in total. The Kier molecular flexibility index (Phi) is 3.06. The fourth-order valence-electron chi connectivity index (χ4n) is 1.57. The zero-order valence-electron chi connectivity index (χ0n) is 9.91. The van der Waals surface area contributed by atoms with Crippen LogP contribution in [0.1, 0.15) is 24.4 Å². The third-order valence-corrected chi connectivity index (χ3v) is 2.80. The molecule has 1 unspecified atom stereocenters. The van der Waals surface area contributed by atoms with Crippen molar-refractivity contribution in [1.29, 1.82) is 0 Å². The summed E-state index contributed by atoms with van der Waals surface area (Å²) in [6.07, 6.45) is 1.88. The van der Waals surface area contributed by atoms with Crippen molar-refractivity contribution >= 4 is 0 Å². The third kappa shape index (κ3) is 2.14. The first-order valence-electron chi connectivity index (χ1n) is 5.50. The van der Waals surface area contributed by atoms with Crippen molar-refractivity contribution in [2.24, 2.45) is 0 Å². The van der Waals surface area contributed by atoms with E-state index in [0.29, 0.717) is 0 Å². The minimum absolute atomic E-state index is 0.249. The van der Waals surface area contributed by atoms with E-state index in [-0.39, 0.29) is 6.04 Å². The van der Waals surface area contributed by atoms with E-state index < -0.39 is 0 Å². The van der Waals surface area contributed by atoms with Gasteiger partial charge in [0.05, 0.1) is 17.9 Å². The minimum atomic E-state index is 0.249. The number of H-pyrrole nitrogens is 1. The maximum Gasteiger partial charge on any atom is 0.123 e. The molecule has 2 rings (SSSR count). The van der Waals surface area contributed by atoms with Gasteiger partial charge in [0.1, 0.15) is 5.82 Å². The van der Waals surface area contributed by atoms with Crippen LogP contribution in [0.4, 0.5) is 0 Å². The van der Waals surface area contributed by atoms with E-state index in [1.165, 1.54) is 11.1 Å². The zero-order chi connectivity index (χ0) is 11.5. The fraction of sp³-hybridized carbons (Fsp3) is 0.308. The highest BCUT2D eigenvalue weighted by Gasteiger charge is 2.07. The molecular formula is C13H17N3. The zero-order valence-corrected chi connectivity index (χ0v) is 9.91. The van der Waals surface area contributed by atoms with Crippen LogP contribution in [0.15, 0.2) is 30.5 Å². The summed E-state index contributed by atoms with van der Waals surface area (Å²) in [5, 5.41) is 3.16. The first-order chi connectivity index (χ1) is 7.70. The number of hydrogen-bond donors (Lipinski definition) is 2. The van der Waals surface area contributed by atoms with Crippen molar-refractivity contribution in [2.75, 3.05) is 7.05 Å². The van der Waals surface area contributed by atoms with E-state index in [0.717, 1.165) is 11.5 Å². The van der Waals surface area contributed by atoms with Gasteiger partial charge in [0.25, 0.3) is 0 Å². The van der Waals surface area contributed by atoms with Gasteiger partial charge in [-0.05, 0) is 26.5 Å². The highest BCUT2D eigenvalue weighted by Crippen LogP contribution is 2.19. The largest absolute Gasteiger partial charge is 0.341 e. The highest BCUT2D eigenvalue weighted by molar-refractivity contribution is 5.58. The number of nitrogens with zero attached hydrogens (tertiary/aromatic N) is 1. The quantitative estimate of drug-likeness (QED) is 0.826. The van der Waals surface area contributed by atoms with Crippen LogP contribution in [0.3, 0.4) is 0 Å². The molecule has 0 radical (unpaired) electrons. The van der Waals surface area contributed by atoms with E-state index in [2.05, 4.69) is 53.4 Å². The Hall–Kier alpha value is -1.61. The molecule has 2 N–H and O–H groups in total. The van der Waals surface area contributed by atoms with Gasteiger partial charge in [-0.3, -0.25) is 0 Å². The van der Waals surface area contributed by atoms with Gasteiger partial charge in [-0.25, -0.2) is 4.98 Å². The summed E-state index contributed by atoms with van der Waals surface area (Å²) >= 11 is 0. The fourth-order valence-corrected chi connectivity index (χ4v) is 1.57. The summed E-state index contributed by atoms with van der Waals surface area (Å²) in [5.41, 5.74) is 3.51. The van der Waals surface area contributed by atoms with Crippen LogP contribution >= 0.6 is 0 Å². The number of aromatic nitrogens is 2. The second-order valence-electron chi connectivity index (χ2n) is 4.06. The lowest BCUT2D eigenvalue weighted by molar-refractivity contribution is 0.618. The molecule has 1 atom stereocenters. The Morgan fingerprint density at radius 2 is 1.94 bits per heavy atom. The number of aryl methyl sites for hydroxylation is 1. The van der Waals surface area contributed by atoms with Gasteiger partial charge in [0.2, 0.25) is 0 Å². The molecule has 1 aromatic carbocycles. The SMILES string of the molecule is CNC(C)c1ncc(-c2ccc(C)cc2)[nH]1. The smallest absolute Gasteiger partial charge is 0.123 e. The van der Waals surface area contributed by atoms with Crippen molar-refractivity contribution < 1.29 is 0 Å². The lowest BCUT2D eigenvalue weighted by atomic mass is 10.1. The molecule has 84 valence electrons. The number of nitrogens with one attached hydrogen (secondary N) is 2. The van der Waals surface area contributed by atoms with Crippen LogP contribution in [0, 0.1) is 6.92 Å². The van der Waals surface area contributed by atoms with Crippen molar-refractivity contribution in [3.63, 3.8) is 0 Å².